The van der Waals surface area contributed by atoms with E-state index in [-0.39, 0.29) is 18.5 Å². The average Bonchev–Trinajstić information content (AvgIpc) is 2.70. The Hall–Kier alpha value is -2.04. The van der Waals surface area contributed by atoms with Crippen molar-refractivity contribution in [3.63, 3.8) is 0 Å². The number of carbonyl (C=O) groups is 1. The molecule has 1 heterocycles. The van der Waals surface area contributed by atoms with Gasteiger partial charge >= 0.3 is 0 Å². The number of benzene rings is 1. The number of hydrogen-bond acceptors (Lipinski definition) is 3. The van der Waals surface area contributed by atoms with Crippen LogP contribution in [0.5, 0.6) is 0 Å². The Kier molecular flexibility index (Phi) is 3.74. The van der Waals surface area contributed by atoms with Crippen molar-refractivity contribution in [1.29, 1.82) is 0 Å². The second kappa shape index (κ2) is 5.30. The Labute approximate surface area is 111 Å². The van der Waals surface area contributed by atoms with Gasteiger partial charge in [-0.1, -0.05) is 17.2 Å². The van der Waals surface area contributed by atoms with Gasteiger partial charge < -0.3 is 10.0 Å². The summed E-state index contributed by atoms with van der Waals surface area (Å²) < 4.78 is 0. The van der Waals surface area contributed by atoms with Crippen LogP contribution in [0.3, 0.4) is 0 Å². The summed E-state index contributed by atoms with van der Waals surface area (Å²) in [5, 5.41) is 13.2. The molecule has 0 bridgehead atoms. The molecule has 0 saturated carbocycles. The smallest absolute Gasteiger partial charge is 0.224 e. The summed E-state index contributed by atoms with van der Waals surface area (Å²) in [6, 6.07) is 5.63. The summed E-state index contributed by atoms with van der Waals surface area (Å²) in [5.74, 6) is 0.0219. The number of aliphatic hydroxyl groups excluding tert-OH is 1. The van der Waals surface area contributed by atoms with E-state index in [2.05, 4.69) is 10.0 Å². The minimum atomic E-state index is -0.803. The van der Waals surface area contributed by atoms with Crippen LogP contribution in [0.2, 0.25) is 0 Å². The van der Waals surface area contributed by atoms with E-state index in [0.29, 0.717) is 5.56 Å². The van der Waals surface area contributed by atoms with Crippen molar-refractivity contribution in [1.82, 2.24) is 0 Å². The van der Waals surface area contributed by atoms with Gasteiger partial charge in [0.25, 0.3) is 0 Å². The van der Waals surface area contributed by atoms with Crippen LogP contribution in [0.4, 0.5) is 5.69 Å². The van der Waals surface area contributed by atoms with Crippen molar-refractivity contribution < 1.29 is 9.90 Å². The Bertz CT molecular complexity index is 552. The zero-order valence-electron chi connectivity index (χ0n) is 10.9. The summed E-state index contributed by atoms with van der Waals surface area (Å²) in [6.07, 6.45) is -0.0281. The predicted molar refractivity (Wildman–Crippen MR) is 71.7 cm³/mol. The van der Waals surface area contributed by atoms with Gasteiger partial charge in [0.05, 0.1) is 12.6 Å². The Balaban J connectivity index is 2.29. The van der Waals surface area contributed by atoms with Gasteiger partial charge in [0.2, 0.25) is 5.91 Å². The fraction of sp³-hybridized carbons (Fsp3) is 0.462. The molecule has 2 unspecified atom stereocenters. The van der Waals surface area contributed by atoms with Crippen molar-refractivity contribution in [3.05, 3.63) is 39.8 Å². The van der Waals surface area contributed by atoms with E-state index in [0.717, 1.165) is 17.7 Å². The van der Waals surface area contributed by atoms with Crippen LogP contribution in [0, 0.1) is 0 Å². The molecule has 1 aliphatic rings. The van der Waals surface area contributed by atoms with Crippen LogP contribution in [-0.2, 0) is 11.2 Å². The van der Waals surface area contributed by atoms with Gasteiger partial charge in [-0.05, 0) is 36.1 Å². The highest BCUT2D eigenvalue weighted by molar-refractivity contribution is 5.94. The Morgan fingerprint density at radius 2 is 2.42 bits per heavy atom. The molecule has 0 fully saturated rings. The van der Waals surface area contributed by atoms with Gasteiger partial charge in [-0.15, -0.1) is 0 Å². The molecule has 1 N–H and O–H groups in total. The lowest BCUT2D eigenvalue weighted by Gasteiger charge is -2.20. The monoisotopic (exact) mass is 260 g/mol. The van der Waals surface area contributed by atoms with Crippen LogP contribution in [0.15, 0.2) is 23.3 Å². The normalized spacial score (nSPS) is 18.7. The molecule has 2 rings (SSSR count). The third kappa shape index (κ3) is 2.54. The second-order valence-corrected chi connectivity index (χ2v) is 4.76. The lowest BCUT2D eigenvalue weighted by Crippen LogP contribution is -2.33. The highest BCUT2D eigenvalue weighted by Crippen LogP contribution is 2.34. The van der Waals surface area contributed by atoms with Crippen molar-refractivity contribution >= 4 is 11.6 Å². The lowest BCUT2D eigenvalue weighted by molar-refractivity contribution is -0.116. The molecule has 0 saturated heterocycles. The maximum atomic E-state index is 11.6. The Morgan fingerprint density at radius 1 is 1.68 bits per heavy atom. The summed E-state index contributed by atoms with van der Waals surface area (Å²) in [5.41, 5.74) is 10.9. The lowest BCUT2D eigenvalue weighted by atomic mass is 10.0. The predicted octanol–water partition coefficient (Wildman–Crippen LogP) is 2.33. The number of rotatable bonds is 3. The van der Waals surface area contributed by atoms with Crippen LogP contribution in [0.25, 0.3) is 10.4 Å². The summed E-state index contributed by atoms with van der Waals surface area (Å²) in [7, 11) is 0. The maximum absolute atomic E-state index is 11.6. The van der Waals surface area contributed by atoms with Gasteiger partial charge in [-0.3, -0.25) is 4.79 Å². The molecule has 19 heavy (non-hydrogen) atoms. The first kappa shape index (κ1) is 13.4. The van der Waals surface area contributed by atoms with Gasteiger partial charge in [-0.2, -0.15) is 0 Å². The number of hydrogen-bond donors (Lipinski definition) is 1. The number of nitrogens with zero attached hydrogens (tertiary/aromatic N) is 4. The highest BCUT2D eigenvalue weighted by Gasteiger charge is 2.29. The number of fused-ring (bicyclic) bond motifs is 1. The quantitative estimate of drug-likeness (QED) is 0.513. The summed E-state index contributed by atoms with van der Waals surface area (Å²) >= 11 is 0. The van der Waals surface area contributed by atoms with Crippen LogP contribution < -0.4 is 4.90 Å². The summed E-state index contributed by atoms with van der Waals surface area (Å²) in [4.78, 5) is 16.0. The van der Waals surface area contributed by atoms with Crippen LogP contribution in [-0.4, -0.2) is 23.6 Å². The molecule has 6 nitrogen and oxygen atoms in total. The number of carbonyl (C=O) groups excluding carboxylic acids is 1. The maximum Gasteiger partial charge on any atom is 0.224 e. The van der Waals surface area contributed by atoms with E-state index < -0.39 is 6.10 Å². The van der Waals surface area contributed by atoms with Gasteiger partial charge in [0.15, 0.2) is 0 Å². The third-order valence-electron chi connectivity index (χ3n) is 3.36. The largest absolute Gasteiger partial charge is 0.388 e. The number of anilines is 1. The van der Waals surface area contributed by atoms with E-state index in [1.54, 1.807) is 17.9 Å². The standard InChI is InChI=1S/C13H16N4O2/c1-8-5-11-6-10(13(19)7-15-16-14)3-4-12(11)17(8)9(2)18/h3-4,6,8,13,19H,5,7H2,1-2H3. The summed E-state index contributed by atoms with van der Waals surface area (Å²) in [6.45, 7) is 3.56. The second-order valence-electron chi connectivity index (χ2n) is 4.76. The molecule has 100 valence electrons. The minimum Gasteiger partial charge on any atom is -0.388 e. The minimum absolute atomic E-state index is 0.0151. The van der Waals surface area contributed by atoms with Gasteiger partial charge in [0.1, 0.15) is 0 Å². The number of amides is 1. The van der Waals surface area contributed by atoms with E-state index in [9.17, 15) is 9.90 Å². The van der Waals surface area contributed by atoms with Crippen molar-refractivity contribution in [2.75, 3.05) is 11.4 Å². The zero-order chi connectivity index (χ0) is 14.0. The van der Waals surface area contributed by atoms with Crippen molar-refractivity contribution in [2.24, 2.45) is 5.11 Å². The molecule has 2 atom stereocenters. The number of azide groups is 1. The molecule has 1 aromatic carbocycles. The zero-order valence-corrected chi connectivity index (χ0v) is 10.9. The molecule has 0 radical (unpaired) electrons. The fourth-order valence-electron chi connectivity index (χ4n) is 2.56. The van der Waals surface area contributed by atoms with E-state index in [1.807, 2.05) is 19.1 Å². The van der Waals surface area contributed by atoms with E-state index >= 15 is 0 Å². The molecule has 0 aromatic heterocycles. The first-order valence-electron chi connectivity index (χ1n) is 6.16. The van der Waals surface area contributed by atoms with Gasteiger partial charge in [0, 0.05) is 23.6 Å². The SMILES string of the molecule is CC(=O)N1c2ccc(C(O)CN=[N+]=[N-])cc2CC1C. The Morgan fingerprint density at radius 3 is 3.05 bits per heavy atom. The molecule has 1 amide bonds. The third-order valence-corrected chi connectivity index (χ3v) is 3.36. The van der Waals surface area contributed by atoms with Crippen LogP contribution in [0.1, 0.15) is 31.1 Å². The first-order valence-corrected chi connectivity index (χ1v) is 6.16. The molecule has 6 heteroatoms. The van der Waals surface area contributed by atoms with Crippen molar-refractivity contribution in [2.45, 2.75) is 32.4 Å². The molecular weight excluding hydrogens is 244 g/mol. The molecular formula is C13H16N4O2. The average molecular weight is 260 g/mol. The van der Waals surface area contributed by atoms with Crippen LogP contribution >= 0.6 is 0 Å². The molecule has 0 aliphatic carbocycles. The van der Waals surface area contributed by atoms with E-state index in [1.165, 1.54) is 0 Å². The molecule has 1 aliphatic heterocycles. The van der Waals surface area contributed by atoms with E-state index in [4.69, 9.17) is 5.53 Å². The van der Waals surface area contributed by atoms with Crippen molar-refractivity contribution in [3.8, 4) is 0 Å². The van der Waals surface area contributed by atoms with Gasteiger partial charge in [-0.25, -0.2) is 0 Å². The highest BCUT2D eigenvalue weighted by atomic mass is 16.3. The topological polar surface area (TPSA) is 89.3 Å². The molecule has 1 aromatic rings. The number of aliphatic hydroxyl groups is 1. The fourth-order valence-corrected chi connectivity index (χ4v) is 2.56. The first-order chi connectivity index (χ1) is 9.04. The molecule has 0 spiro atoms.